The Bertz CT molecular complexity index is 577. The van der Waals surface area contributed by atoms with Crippen LogP contribution >= 0.6 is 0 Å². The van der Waals surface area contributed by atoms with Gasteiger partial charge < -0.3 is 15.0 Å². The van der Waals surface area contributed by atoms with Crippen LogP contribution < -0.4 is 5.32 Å². The smallest absolute Gasteiger partial charge is 0.317 e. The molecule has 25 heavy (non-hydrogen) atoms. The van der Waals surface area contributed by atoms with Crippen LogP contribution in [0.2, 0.25) is 0 Å². The highest BCUT2D eigenvalue weighted by Crippen LogP contribution is 2.50. The van der Waals surface area contributed by atoms with Crippen LogP contribution in [0.3, 0.4) is 0 Å². The molecule has 3 amide bonds. The number of nitrogens with one attached hydrogen (secondary N) is 1. The van der Waals surface area contributed by atoms with Crippen molar-refractivity contribution in [1.82, 2.24) is 15.1 Å². The monoisotopic (exact) mass is 350 g/mol. The SMILES string of the molecule is CCC1=N[C@@]2(CC[C@@H]3CN(C(=O)NC(C)C)C[C@@H]32)C(=O)N1CCOC. The van der Waals surface area contributed by atoms with Crippen molar-refractivity contribution in [1.29, 1.82) is 0 Å². The Labute approximate surface area is 149 Å². The number of likely N-dealkylation sites (tertiary alicyclic amines) is 1. The van der Waals surface area contributed by atoms with E-state index in [0.717, 1.165) is 31.6 Å². The third-order valence-corrected chi connectivity index (χ3v) is 5.74. The first-order chi connectivity index (χ1) is 11.9. The Kier molecular flexibility index (Phi) is 5.04. The van der Waals surface area contributed by atoms with Gasteiger partial charge in [-0.15, -0.1) is 0 Å². The minimum atomic E-state index is -0.656. The highest BCUT2D eigenvalue weighted by molar-refractivity contribution is 6.08. The molecule has 3 rings (SSSR count). The third-order valence-electron chi connectivity index (χ3n) is 5.74. The quantitative estimate of drug-likeness (QED) is 0.816. The molecule has 3 atom stereocenters. The standard InChI is InChI=1S/C18H30N4O3/c1-5-15-20-18(16(23)22(15)8-9-25-4)7-6-13-10-21(11-14(13)18)17(24)19-12(2)3/h12-14H,5-11H2,1-4H3,(H,19,24)/t13-,14+,18-/m1/s1. The zero-order chi connectivity index (χ0) is 18.2. The number of hydrogen-bond donors (Lipinski definition) is 1. The fourth-order valence-corrected chi connectivity index (χ4v) is 4.58. The maximum atomic E-state index is 13.2. The number of amidine groups is 1. The first-order valence-electron chi connectivity index (χ1n) is 9.38. The zero-order valence-corrected chi connectivity index (χ0v) is 15.7. The van der Waals surface area contributed by atoms with E-state index in [9.17, 15) is 9.59 Å². The van der Waals surface area contributed by atoms with Gasteiger partial charge >= 0.3 is 6.03 Å². The Balaban J connectivity index is 1.78. The van der Waals surface area contributed by atoms with Gasteiger partial charge in [0.15, 0.2) is 0 Å². The number of rotatable bonds is 5. The van der Waals surface area contributed by atoms with Gasteiger partial charge in [-0.05, 0) is 32.6 Å². The molecule has 2 fully saturated rings. The molecule has 0 aromatic heterocycles. The molecule has 0 bridgehead atoms. The van der Waals surface area contributed by atoms with Crippen molar-refractivity contribution >= 4 is 17.8 Å². The van der Waals surface area contributed by atoms with Gasteiger partial charge in [0.05, 0.1) is 13.2 Å². The number of aliphatic imine (C=N–C) groups is 1. The van der Waals surface area contributed by atoms with Gasteiger partial charge in [0.1, 0.15) is 11.4 Å². The molecule has 140 valence electrons. The van der Waals surface area contributed by atoms with Crippen LogP contribution in [0.15, 0.2) is 4.99 Å². The maximum absolute atomic E-state index is 13.2. The summed E-state index contributed by atoms with van der Waals surface area (Å²) in [5.74, 6) is 1.48. The average Bonchev–Trinajstić information content (AvgIpc) is 3.20. The van der Waals surface area contributed by atoms with E-state index in [1.165, 1.54) is 0 Å². The summed E-state index contributed by atoms with van der Waals surface area (Å²) in [6.45, 7) is 8.37. The number of amides is 3. The molecule has 1 spiro atoms. The van der Waals surface area contributed by atoms with Crippen LogP contribution in [0.5, 0.6) is 0 Å². The van der Waals surface area contributed by atoms with Gasteiger partial charge in [-0.1, -0.05) is 6.92 Å². The lowest BCUT2D eigenvalue weighted by Gasteiger charge is -2.28. The van der Waals surface area contributed by atoms with Crippen molar-refractivity contribution in [2.75, 3.05) is 33.4 Å². The fourth-order valence-electron chi connectivity index (χ4n) is 4.58. The molecule has 0 aromatic rings. The van der Waals surface area contributed by atoms with Crippen LogP contribution in [-0.4, -0.2) is 72.5 Å². The van der Waals surface area contributed by atoms with Gasteiger partial charge in [0.25, 0.3) is 5.91 Å². The summed E-state index contributed by atoms with van der Waals surface area (Å²) in [7, 11) is 1.65. The van der Waals surface area contributed by atoms with Gasteiger partial charge in [0.2, 0.25) is 0 Å². The lowest BCUT2D eigenvalue weighted by molar-refractivity contribution is -0.132. The minimum absolute atomic E-state index is 0.0269. The molecule has 2 aliphatic heterocycles. The summed E-state index contributed by atoms with van der Waals surface area (Å²) in [5, 5.41) is 2.96. The second-order valence-electron chi connectivity index (χ2n) is 7.67. The van der Waals surface area contributed by atoms with Gasteiger partial charge in [-0.3, -0.25) is 14.7 Å². The normalized spacial score (nSPS) is 31.2. The van der Waals surface area contributed by atoms with Crippen LogP contribution in [0.1, 0.15) is 40.0 Å². The van der Waals surface area contributed by atoms with Crippen molar-refractivity contribution in [3.63, 3.8) is 0 Å². The highest BCUT2D eigenvalue weighted by atomic mass is 16.5. The Hall–Kier alpha value is -1.63. The van der Waals surface area contributed by atoms with E-state index in [1.54, 1.807) is 7.11 Å². The Morgan fingerprint density at radius 3 is 2.84 bits per heavy atom. The summed E-state index contributed by atoms with van der Waals surface area (Å²) in [5.41, 5.74) is -0.656. The molecule has 3 aliphatic rings. The second kappa shape index (κ2) is 6.94. The van der Waals surface area contributed by atoms with Crippen molar-refractivity contribution < 1.29 is 14.3 Å². The summed E-state index contributed by atoms with van der Waals surface area (Å²) in [6, 6.07) is 0.0881. The molecule has 7 nitrogen and oxygen atoms in total. The lowest BCUT2D eigenvalue weighted by Crippen LogP contribution is -2.48. The van der Waals surface area contributed by atoms with E-state index in [1.807, 2.05) is 30.6 Å². The molecule has 1 N–H and O–H groups in total. The summed E-state index contributed by atoms with van der Waals surface area (Å²) < 4.78 is 5.16. The van der Waals surface area contributed by atoms with Crippen LogP contribution in [-0.2, 0) is 9.53 Å². The maximum Gasteiger partial charge on any atom is 0.317 e. The molecule has 7 heteroatoms. The van der Waals surface area contributed by atoms with Crippen LogP contribution in [0, 0.1) is 11.8 Å². The van der Waals surface area contributed by atoms with Gasteiger partial charge in [-0.2, -0.15) is 0 Å². The molecule has 1 saturated heterocycles. The Morgan fingerprint density at radius 1 is 1.44 bits per heavy atom. The van der Waals surface area contributed by atoms with Gasteiger partial charge in [0, 0.05) is 38.6 Å². The van der Waals surface area contributed by atoms with E-state index >= 15 is 0 Å². The van der Waals surface area contributed by atoms with Crippen LogP contribution in [0.4, 0.5) is 4.79 Å². The summed E-state index contributed by atoms with van der Waals surface area (Å²) in [6.07, 6.45) is 2.50. The predicted octanol–water partition coefficient (Wildman–Crippen LogP) is 1.48. The van der Waals surface area contributed by atoms with E-state index in [-0.39, 0.29) is 23.9 Å². The first kappa shape index (κ1) is 18.2. The van der Waals surface area contributed by atoms with E-state index in [0.29, 0.717) is 25.6 Å². The third kappa shape index (κ3) is 3.03. The number of carbonyl (C=O) groups is 2. The second-order valence-corrected chi connectivity index (χ2v) is 7.67. The summed E-state index contributed by atoms with van der Waals surface area (Å²) in [4.78, 5) is 34.2. The number of fused-ring (bicyclic) bond motifs is 2. The average molecular weight is 350 g/mol. The van der Waals surface area contributed by atoms with E-state index in [4.69, 9.17) is 9.73 Å². The van der Waals surface area contributed by atoms with Crippen molar-refractivity contribution in [3.05, 3.63) is 0 Å². The number of ether oxygens (including phenoxy) is 1. The zero-order valence-electron chi connectivity index (χ0n) is 15.7. The lowest BCUT2D eigenvalue weighted by atomic mass is 9.85. The van der Waals surface area contributed by atoms with Crippen molar-refractivity contribution in [3.8, 4) is 0 Å². The molecular formula is C18H30N4O3. The molecule has 1 saturated carbocycles. The molecular weight excluding hydrogens is 320 g/mol. The molecule has 1 aliphatic carbocycles. The molecule has 0 radical (unpaired) electrons. The number of methoxy groups -OCH3 is 1. The van der Waals surface area contributed by atoms with Crippen LogP contribution in [0.25, 0.3) is 0 Å². The fraction of sp³-hybridized carbons (Fsp3) is 0.833. The molecule has 0 aromatic carbocycles. The van der Waals surface area contributed by atoms with Gasteiger partial charge in [-0.25, -0.2) is 4.79 Å². The largest absolute Gasteiger partial charge is 0.383 e. The van der Waals surface area contributed by atoms with Crippen molar-refractivity contribution in [2.24, 2.45) is 16.8 Å². The number of hydrogen-bond acceptors (Lipinski definition) is 4. The highest BCUT2D eigenvalue weighted by Gasteiger charge is 2.61. The van der Waals surface area contributed by atoms with E-state index in [2.05, 4.69) is 5.32 Å². The van der Waals surface area contributed by atoms with Crippen molar-refractivity contribution in [2.45, 2.75) is 51.6 Å². The number of carbonyl (C=O) groups excluding carboxylic acids is 2. The summed E-state index contributed by atoms with van der Waals surface area (Å²) >= 11 is 0. The van der Waals surface area contributed by atoms with E-state index < -0.39 is 5.54 Å². The number of urea groups is 1. The predicted molar refractivity (Wildman–Crippen MR) is 95.5 cm³/mol. The number of nitrogens with zero attached hydrogens (tertiary/aromatic N) is 3. The minimum Gasteiger partial charge on any atom is -0.383 e. The molecule has 2 heterocycles. The topological polar surface area (TPSA) is 74.2 Å². The Morgan fingerprint density at radius 2 is 2.20 bits per heavy atom. The molecule has 0 unspecified atom stereocenters. The first-order valence-corrected chi connectivity index (χ1v) is 9.38.